The molecule has 1 aliphatic rings. The zero-order valence-corrected chi connectivity index (χ0v) is 13.5. The Morgan fingerprint density at radius 1 is 1.33 bits per heavy atom. The van der Waals surface area contributed by atoms with Crippen LogP contribution in [-0.2, 0) is 9.53 Å². The molecule has 1 amide bonds. The number of primary amides is 1. The van der Waals surface area contributed by atoms with Crippen LogP contribution in [0.25, 0.3) is 0 Å². The lowest BCUT2D eigenvalue weighted by molar-refractivity contribution is -0.122. The second kappa shape index (κ2) is 10.1. The summed E-state index contributed by atoms with van der Waals surface area (Å²) in [6, 6.07) is 0.385. The quantitative estimate of drug-likeness (QED) is 0.533. The second-order valence-electron chi connectivity index (χ2n) is 6.62. The second-order valence-corrected chi connectivity index (χ2v) is 6.62. The Labute approximate surface area is 128 Å². The van der Waals surface area contributed by atoms with E-state index in [2.05, 4.69) is 19.2 Å². The summed E-state index contributed by atoms with van der Waals surface area (Å²) in [6.45, 7) is 6.06. The fourth-order valence-corrected chi connectivity index (χ4v) is 2.76. The van der Waals surface area contributed by atoms with Crippen molar-refractivity contribution in [1.29, 1.82) is 0 Å². The van der Waals surface area contributed by atoms with E-state index in [-0.39, 0.29) is 11.8 Å². The highest BCUT2D eigenvalue weighted by Gasteiger charge is 2.24. The third kappa shape index (κ3) is 8.39. The van der Waals surface area contributed by atoms with E-state index < -0.39 is 6.10 Å². The number of aliphatic hydroxyl groups is 1. The maximum absolute atomic E-state index is 11.1. The molecule has 5 heteroatoms. The molecule has 0 bridgehead atoms. The molecule has 124 valence electrons. The van der Waals surface area contributed by atoms with Crippen molar-refractivity contribution in [3.8, 4) is 0 Å². The van der Waals surface area contributed by atoms with Gasteiger partial charge >= 0.3 is 0 Å². The summed E-state index contributed by atoms with van der Waals surface area (Å²) >= 11 is 0. The predicted molar refractivity (Wildman–Crippen MR) is 83.8 cm³/mol. The summed E-state index contributed by atoms with van der Waals surface area (Å²) in [4.78, 5) is 11.1. The molecule has 0 saturated heterocycles. The van der Waals surface area contributed by atoms with Gasteiger partial charge in [-0.25, -0.2) is 0 Å². The van der Waals surface area contributed by atoms with Crippen LogP contribution in [0.15, 0.2) is 0 Å². The van der Waals surface area contributed by atoms with Gasteiger partial charge in [0.1, 0.15) is 0 Å². The Hall–Kier alpha value is -0.650. The van der Waals surface area contributed by atoms with Gasteiger partial charge in [-0.2, -0.15) is 0 Å². The van der Waals surface area contributed by atoms with E-state index in [4.69, 9.17) is 10.5 Å². The number of carbonyl (C=O) groups is 1. The minimum atomic E-state index is -0.460. The number of aliphatic hydroxyl groups excluding tert-OH is 1. The van der Waals surface area contributed by atoms with Gasteiger partial charge in [-0.05, 0) is 44.4 Å². The van der Waals surface area contributed by atoms with Crippen LogP contribution >= 0.6 is 0 Å². The van der Waals surface area contributed by atoms with Crippen molar-refractivity contribution in [2.75, 3.05) is 19.8 Å². The van der Waals surface area contributed by atoms with Crippen molar-refractivity contribution < 1.29 is 14.6 Å². The van der Waals surface area contributed by atoms with Gasteiger partial charge < -0.3 is 20.9 Å². The lowest BCUT2D eigenvalue weighted by atomic mass is 9.85. The maximum Gasteiger partial charge on any atom is 0.220 e. The minimum Gasteiger partial charge on any atom is -0.389 e. The Morgan fingerprint density at radius 3 is 2.57 bits per heavy atom. The van der Waals surface area contributed by atoms with Gasteiger partial charge in [-0.15, -0.1) is 0 Å². The Bertz CT molecular complexity index is 289. The van der Waals surface area contributed by atoms with Gasteiger partial charge in [-0.1, -0.05) is 13.8 Å². The average molecular weight is 300 g/mol. The normalized spacial score (nSPS) is 24.2. The van der Waals surface area contributed by atoms with Crippen LogP contribution in [0.5, 0.6) is 0 Å². The molecule has 0 radical (unpaired) electrons. The van der Waals surface area contributed by atoms with Gasteiger partial charge in [0.25, 0.3) is 0 Å². The highest BCUT2D eigenvalue weighted by atomic mass is 16.5. The van der Waals surface area contributed by atoms with E-state index in [9.17, 15) is 9.90 Å². The topological polar surface area (TPSA) is 84.6 Å². The fraction of sp³-hybridized carbons (Fsp3) is 0.938. The highest BCUT2D eigenvalue weighted by Crippen LogP contribution is 2.23. The Balaban J connectivity index is 2.01. The van der Waals surface area contributed by atoms with Crippen molar-refractivity contribution in [3.05, 3.63) is 0 Å². The highest BCUT2D eigenvalue weighted by molar-refractivity contribution is 5.76. The van der Waals surface area contributed by atoms with Crippen molar-refractivity contribution in [2.45, 2.75) is 64.5 Å². The molecule has 1 saturated carbocycles. The van der Waals surface area contributed by atoms with E-state index in [1.165, 1.54) is 0 Å². The third-order valence-corrected chi connectivity index (χ3v) is 4.15. The molecule has 21 heavy (non-hydrogen) atoms. The first-order valence-electron chi connectivity index (χ1n) is 8.27. The molecule has 1 unspecified atom stereocenters. The van der Waals surface area contributed by atoms with E-state index in [0.29, 0.717) is 25.1 Å². The van der Waals surface area contributed by atoms with E-state index in [1.807, 2.05) is 0 Å². The summed E-state index contributed by atoms with van der Waals surface area (Å²) in [7, 11) is 0. The van der Waals surface area contributed by atoms with Gasteiger partial charge in [-0.3, -0.25) is 4.79 Å². The largest absolute Gasteiger partial charge is 0.389 e. The van der Waals surface area contributed by atoms with Crippen LogP contribution in [0.4, 0.5) is 0 Å². The zero-order valence-electron chi connectivity index (χ0n) is 13.5. The summed E-state index contributed by atoms with van der Waals surface area (Å²) in [5.41, 5.74) is 5.32. The molecule has 0 aromatic carbocycles. The lowest BCUT2D eigenvalue weighted by Gasteiger charge is -2.28. The number of carbonyl (C=O) groups excluding carboxylic acids is 1. The molecule has 4 N–H and O–H groups in total. The number of hydrogen-bond donors (Lipinski definition) is 3. The zero-order chi connectivity index (χ0) is 15.7. The van der Waals surface area contributed by atoms with Crippen LogP contribution < -0.4 is 11.1 Å². The summed E-state index contributed by atoms with van der Waals surface area (Å²) < 4.78 is 5.48. The van der Waals surface area contributed by atoms with Crippen LogP contribution in [0, 0.1) is 11.8 Å². The van der Waals surface area contributed by atoms with Crippen LogP contribution in [-0.4, -0.2) is 42.9 Å². The molecule has 0 heterocycles. The first kappa shape index (κ1) is 18.4. The number of hydrogen-bond acceptors (Lipinski definition) is 4. The summed E-state index contributed by atoms with van der Waals surface area (Å²) in [6.07, 6.45) is 5.37. The minimum absolute atomic E-state index is 0.0391. The van der Waals surface area contributed by atoms with Crippen molar-refractivity contribution in [3.63, 3.8) is 0 Å². The van der Waals surface area contributed by atoms with Crippen LogP contribution in [0.2, 0.25) is 0 Å². The number of rotatable bonds is 10. The van der Waals surface area contributed by atoms with Crippen molar-refractivity contribution in [1.82, 2.24) is 5.32 Å². The monoisotopic (exact) mass is 300 g/mol. The van der Waals surface area contributed by atoms with E-state index in [0.717, 1.165) is 45.1 Å². The van der Waals surface area contributed by atoms with Gasteiger partial charge in [0, 0.05) is 25.1 Å². The smallest absolute Gasteiger partial charge is 0.220 e. The number of nitrogens with one attached hydrogen (secondary N) is 1. The van der Waals surface area contributed by atoms with E-state index >= 15 is 0 Å². The van der Waals surface area contributed by atoms with Gasteiger partial charge in [0.15, 0.2) is 0 Å². The Morgan fingerprint density at radius 2 is 2.00 bits per heavy atom. The van der Waals surface area contributed by atoms with E-state index in [1.54, 1.807) is 0 Å². The summed E-state index contributed by atoms with van der Waals surface area (Å²) in [5, 5.41) is 13.2. The molecule has 1 rings (SSSR count). The van der Waals surface area contributed by atoms with Gasteiger partial charge in [0.05, 0.1) is 12.7 Å². The van der Waals surface area contributed by atoms with Gasteiger partial charge in [0.2, 0.25) is 5.91 Å². The standard InChI is InChI=1S/C16H32N2O3/c1-12(2)4-3-9-21-11-15(19)10-18-14-7-5-13(6-8-14)16(17)20/h12-15,18-19H,3-11H2,1-2H3,(H2,17,20). The molecule has 0 aliphatic heterocycles. The number of amides is 1. The average Bonchev–Trinajstić information content (AvgIpc) is 2.44. The molecule has 1 aliphatic carbocycles. The lowest BCUT2D eigenvalue weighted by Crippen LogP contribution is -2.41. The molecule has 5 nitrogen and oxygen atoms in total. The molecule has 0 aromatic heterocycles. The van der Waals surface area contributed by atoms with Crippen molar-refractivity contribution >= 4 is 5.91 Å². The number of nitrogens with two attached hydrogens (primary N) is 1. The number of ether oxygens (including phenoxy) is 1. The molecule has 1 atom stereocenters. The van der Waals surface area contributed by atoms with Crippen molar-refractivity contribution in [2.24, 2.45) is 17.6 Å². The molecular formula is C16H32N2O3. The van der Waals surface area contributed by atoms with Crippen LogP contribution in [0.3, 0.4) is 0 Å². The first-order chi connectivity index (χ1) is 9.99. The summed E-state index contributed by atoms with van der Waals surface area (Å²) in [5.74, 6) is 0.566. The molecule has 1 fully saturated rings. The molecule has 0 spiro atoms. The van der Waals surface area contributed by atoms with Crippen LogP contribution in [0.1, 0.15) is 52.4 Å². The molecule has 0 aromatic rings. The third-order valence-electron chi connectivity index (χ3n) is 4.15. The predicted octanol–water partition coefficient (Wildman–Crippen LogP) is 1.43. The molecular weight excluding hydrogens is 268 g/mol. The fourth-order valence-electron chi connectivity index (χ4n) is 2.76. The maximum atomic E-state index is 11.1. The SMILES string of the molecule is CC(C)CCCOCC(O)CNC1CCC(C(N)=O)CC1. The Kier molecular flexibility index (Phi) is 8.88. The first-order valence-corrected chi connectivity index (χ1v) is 8.27.